The first kappa shape index (κ1) is 34.5. The number of hydrogen-bond acceptors (Lipinski definition) is 7. The second-order valence-electron chi connectivity index (χ2n) is 15.1. The van der Waals surface area contributed by atoms with Crippen molar-refractivity contribution in [2.24, 2.45) is 11.8 Å². The number of halogens is 3. The third kappa shape index (κ3) is 5.75. The zero-order valence-corrected chi connectivity index (χ0v) is 31.0. The summed E-state index contributed by atoms with van der Waals surface area (Å²) in [5.41, 5.74) is 4.31. The number of aliphatic hydroxyl groups excluding tert-OH is 1. The van der Waals surface area contributed by atoms with Gasteiger partial charge in [0.1, 0.15) is 17.4 Å². The van der Waals surface area contributed by atoms with E-state index in [1.165, 1.54) is 0 Å². The second kappa shape index (κ2) is 13.2. The van der Waals surface area contributed by atoms with E-state index in [1.807, 2.05) is 30.0 Å². The van der Waals surface area contributed by atoms with Gasteiger partial charge >= 0.3 is 0 Å². The highest BCUT2D eigenvalue weighted by Gasteiger charge is 2.51. The topological polar surface area (TPSA) is 116 Å². The molecule has 5 aliphatic rings. The zero-order valence-electron chi connectivity index (χ0n) is 29.5. The summed E-state index contributed by atoms with van der Waals surface area (Å²) in [5, 5.41) is 26.4. The lowest BCUT2D eigenvalue weighted by Crippen LogP contribution is -2.41. The number of carbonyl (C=O) groups excluding carboxylic acids is 1. The Morgan fingerprint density at radius 1 is 1.19 bits per heavy atom. The fourth-order valence-electron chi connectivity index (χ4n) is 9.05. The number of likely N-dealkylation sites (tertiary alicyclic amines) is 1. The van der Waals surface area contributed by atoms with E-state index in [-0.39, 0.29) is 70.0 Å². The SMILES string of the molecule is Cc1cc(OC2CC(c3cc4c(C(C)O)nc5c(F)c(-c6cccc(Cl)c6Cl)c(CCC#N)cc5c4n3C3C4CNC3C4)N(C(=O)C3CC3)C2)ccn1. The number of fused-ring (bicyclic) bond motifs is 4. The summed E-state index contributed by atoms with van der Waals surface area (Å²) >= 11 is 13.1. The Kier molecular flexibility index (Phi) is 8.62. The van der Waals surface area contributed by atoms with E-state index in [9.17, 15) is 15.2 Å². The summed E-state index contributed by atoms with van der Waals surface area (Å²) in [6.45, 7) is 4.87. The van der Waals surface area contributed by atoms with Crippen molar-refractivity contribution in [3.8, 4) is 22.9 Å². The van der Waals surface area contributed by atoms with Crippen LogP contribution >= 0.6 is 23.2 Å². The molecule has 9 nitrogen and oxygen atoms in total. The Hall–Kier alpha value is -4.27. The predicted molar refractivity (Wildman–Crippen MR) is 201 cm³/mol. The molecule has 6 atom stereocenters. The lowest BCUT2D eigenvalue weighted by molar-refractivity contribution is -0.133. The molecule has 2 bridgehead atoms. The van der Waals surface area contributed by atoms with Gasteiger partial charge in [0.25, 0.3) is 0 Å². The quantitative estimate of drug-likeness (QED) is 0.156. The number of ether oxygens (including phenoxy) is 1. The molecule has 6 heterocycles. The maximum atomic E-state index is 17.4. The molecule has 2 aromatic carbocycles. The summed E-state index contributed by atoms with van der Waals surface area (Å²) in [4.78, 5) is 25.2. The maximum Gasteiger partial charge on any atom is 0.226 e. The summed E-state index contributed by atoms with van der Waals surface area (Å²) in [7, 11) is 0. The smallest absolute Gasteiger partial charge is 0.226 e. The van der Waals surface area contributed by atoms with Crippen molar-refractivity contribution < 1.29 is 19.0 Å². The van der Waals surface area contributed by atoms with Crippen LogP contribution < -0.4 is 10.1 Å². The van der Waals surface area contributed by atoms with Crippen LogP contribution in [0.4, 0.5) is 4.39 Å². The molecule has 0 spiro atoms. The van der Waals surface area contributed by atoms with Gasteiger partial charge < -0.3 is 24.6 Å². The number of carbonyl (C=O) groups is 1. The number of hydrogen-bond donors (Lipinski definition) is 2. The summed E-state index contributed by atoms with van der Waals surface area (Å²) < 4.78 is 26.2. The number of nitrogens with one attached hydrogen (secondary N) is 1. The number of nitrogens with zero attached hydrogens (tertiary/aromatic N) is 5. The van der Waals surface area contributed by atoms with Gasteiger partial charge in [-0.25, -0.2) is 9.37 Å². The number of aromatic nitrogens is 3. The van der Waals surface area contributed by atoms with Crippen molar-refractivity contribution in [1.82, 2.24) is 24.8 Å². The Morgan fingerprint density at radius 3 is 2.72 bits per heavy atom. The van der Waals surface area contributed by atoms with Crippen LogP contribution in [0.15, 0.2) is 48.7 Å². The standard InChI is InChI=1S/C41H39Cl2FN6O3/c1-20-13-25(10-12-46-20)53-26-16-32(49(19-26)41(52)22-8-9-22)33-17-29-37(21(2)51)48-38-28(40(29)50(33)39-24-15-31(39)47-18-24)14-23(5-4-11-45)34(36(38)44)27-6-3-7-30(42)35(27)43/h3,6-7,10,12-14,17,21-22,24,26,31-32,39,47,51H,4-5,8-9,15-16,18-19H2,1-2H3. The highest BCUT2D eigenvalue weighted by molar-refractivity contribution is 6.43. The van der Waals surface area contributed by atoms with Crippen molar-refractivity contribution in [2.75, 3.05) is 13.1 Å². The van der Waals surface area contributed by atoms with Gasteiger partial charge in [-0.3, -0.25) is 9.78 Å². The molecule has 2 N–H and O–H groups in total. The van der Waals surface area contributed by atoms with E-state index in [4.69, 9.17) is 32.9 Å². The molecule has 12 heteroatoms. The first-order valence-corrected chi connectivity index (χ1v) is 19.2. The first-order chi connectivity index (χ1) is 25.6. The van der Waals surface area contributed by atoms with Crippen LogP contribution in [0.5, 0.6) is 5.75 Å². The molecule has 0 radical (unpaired) electrons. The lowest BCUT2D eigenvalue weighted by atomic mass is 9.79. The molecule has 3 aromatic heterocycles. The highest BCUT2D eigenvalue weighted by Crippen LogP contribution is 2.52. The van der Waals surface area contributed by atoms with E-state index in [0.717, 1.165) is 48.1 Å². The number of amides is 1. The minimum Gasteiger partial charge on any atom is -0.488 e. The van der Waals surface area contributed by atoms with Gasteiger partial charge in [-0.05, 0) is 75.3 Å². The second-order valence-corrected chi connectivity index (χ2v) is 15.9. The van der Waals surface area contributed by atoms with Gasteiger partial charge in [0.2, 0.25) is 5.91 Å². The first-order valence-electron chi connectivity index (χ1n) is 18.4. The van der Waals surface area contributed by atoms with Crippen molar-refractivity contribution in [1.29, 1.82) is 5.26 Å². The molecular weight excluding hydrogens is 714 g/mol. The molecule has 2 saturated carbocycles. The number of pyridine rings is 2. The van der Waals surface area contributed by atoms with Crippen LogP contribution in [0.2, 0.25) is 10.0 Å². The van der Waals surface area contributed by atoms with Crippen LogP contribution in [0.3, 0.4) is 0 Å². The van der Waals surface area contributed by atoms with E-state index in [2.05, 4.69) is 27.0 Å². The summed E-state index contributed by atoms with van der Waals surface area (Å²) in [6.07, 6.45) is 4.26. The minimum atomic E-state index is -1.02. The Labute approximate surface area is 316 Å². The largest absolute Gasteiger partial charge is 0.488 e. The van der Waals surface area contributed by atoms with Crippen molar-refractivity contribution in [3.05, 3.63) is 87.2 Å². The van der Waals surface area contributed by atoms with Gasteiger partial charge in [0.05, 0.1) is 52.1 Å². The zero-order chi connectivity index (χ0) is 36.7. The van der Waals surface area contributed by atoms with E-state index in [0.29, 0.717) is 46.8 Å². The van der Waals surface area contributed by atoms with Gasteiger partial charge in [-0.15, -0.1) is 0 Å². The fourth-order valence-corrected chi connectivity index (χ4v) is 9.44. The number of nitriles is 1. The molecule has 2 aliphatic carbocycles. The molecule has 5 fully saturated rings. The Bertz CT molecular complexity index is 2340. The molecule has 272 valence electrons. The van der Waals surface area contributed by atoms with Crippen molar-refractivity contribution in [2.45, 2.75) is 82.7 Å². The van der Waals surface area contributed by atoms with Crippen LogP contribution in [0.25, 0.3) is 32.9 Å². The number of aliphatic hydroxyl groups is 1. The molecule has 3 aliphatic heterocycles. The van der Waals surface area contributed by atoms with Crippen molar-refractivity contribution >= 4 is 50.9 Å². The molecule has 10 rings (SSSR count). The van der Waals surface area contributed by atoms with Crippen LogP contribution in [-0.4, -0.2) is 55.7 Å². The van der Waals surface area contributed by atoms with Crippen LogP contribution in [0, 0.1) is 35.9 Å². The minimum absolute atomic E-state index is 0.00263. The maximum absolute atomic E-state index is 17.4. The van der Waals surface area contributed by atoms with Gasteiger partial charge in [0.15, 0.2) is 5.82 Å². The summed E-state index contributed by atoms with van der Waals surface area (Å²) in [6, 6.07) is 15.0. The van der Waals surface area contributed by atoms with Gasteiger partial charge in [0, 0.05) is 76.9 Å². The number of rotatable bonds is 9. The molecular formula is C41H39Cl2FN6O3. The monoisotopic (exact) mass is 752 g/mol. The molecule has 5 aromatic rings. The Balaban J connectivity index is 1.29. The fraction of sp³-hybridized carbons (Fsp3) is 0.415. The van der Waals surface area contributed by atoms with E-state index >= 15 is 4.39 Å². The summed E-state index contributed by atoms with van der Waals surface area (Å²) in [5.74, 6) is 0.611. The van der Waals surface area contributed by atoms with Gasteiger partial charge in [-0.1, -0.05) is 35.3 Å². The molecule has 53 heavy (non-hydrogen) atoms. The van der Waals surface area contributed by atoms with Crippen molar-refractivity contribution in [3.63, 3.8) is 0 Å². The third-order valence-electron chi connectivity index (χ3n) is 11.7. The molecule has 1 amide bonds. The average Bonchev–Trinajstić information content (AvgIpc) is 3.42. The highest BCUT2D eigenvalue weighted by atomic mass is 35.5. The van der Waals surface area contributed by atoms with E-state index in [1.54, 1.807) is 31.3 Å². The van der Waals surface area contributed by atoms with E-state index < -0.39 is 11.9 Å². The van der Waals surface area contributed by atoms with Crippen LogP contribution in [0.1, 0.15) is 79.9 Å². The molecule has 6 unspecified atom stereocenters. The average molecular weight is 754 g/mol. The third-order valence-corrected chi connectivity index (χ3v) is 12.5. The number of aryl methyl sites for hydroxylation is 2. The predicted octanol–water partition coefficient (Wildman–Crippen LogP) is 8.18. The van der Waals surface area contributed by atoms with Gasteiger partial charge in [-0.2, -0.15) is 5.26 Å². The molecule has 3 saturated heterocycles. The normalized spacial score (nSPS) is 24.1. The Morgan fingerprint density at radius 2 is 2.02 bits per heavy atom. The van der Waals surface area contributed by atoms with Crippen LogP contribution in [-0.2, 0) is 11.2 Å². The number of benzene rings is 2. The lowest BCUT2D eigenvalue weighted by Gasteiger charge is -2.39.